The van der Waals surface area contributed by atoms with Crippen LogP contribution >= 0.6 is 0 Å². The summed E-state index contributed by atoms with van der Waals surface area (Å²) in [5.41, 5.74) is 2.45. The van der Waals surface area contributed by atoms with Gasteiger partial charge in [-0.05, 0) is 24.6 Å². The van der Waals surface area contributed by atoms with E-state index in [1.807, 2.05) is 25.1 Å². The van der Waals surface area contributed by atoms with Crippen LogP contribution in [0.4, 0.5) is 5.69 Å². The van der Waals surface area contributed by atoms with Gasteiger partial charge in [0.15, 0.2) is 0 Å². The topological polar surface area (TPSA) is 56.1 Å². The number of nitrogens with zero attached hydrogens (tertiary/aromatic N) is 2. The molecule has 4 nitrogen and oxygen atoms in total. The molecule has 0 aromatic heterocycles. The highest BCUT2D eigenvalue weighted by Crippen LogP contribution is 2.16. The Morgan fingerprint density at radius 2 is 2.18 bits per heavy atom. The molecule has 0 radical (unpaired) electrons. The van der Waals surface area contributed by atoms with Crippen molar-refractivity contribution in [2.75, 3.05) is 26.0 Å². The molecule has 0 aliphatic rings. The smallest absolute Gasteiger partial charge is 0.223 e. The third kappa shape index (κ3) is 3.80. The number of rotatable bonds is 4. The zero-order valence-electron chi connectivity index (χ0n) is 10.4. The number of amides is 1. The van der Waals surface area contributed by atoms with Gasteiger partial charge in [0.1, 0.15) is 6.07 Å². The van der Waals surface area contributed by atoms with Gasteiger partial charge in [0.2, 0.25) is 5.91 Å². The van der Waals surface area contributed by atoms with Crippen LogP contribution < -0.4 is 5.32 Å². The van der Waals surface area contributed by atoms with Gasteiger partial charge in [-0.25, -0.2) is 0 Å². The monoisotopic (exact) mass is 231 g/mol. The third-order valence-electron chi connectivity index (χ3n) is 2.45. The Balaban J connectivity index is 2.58. The average molecular weight is 231 g/mol. The average Bonchev–Trinajstić information content (AvgIpc) is 2.30. The summed E-state index contributed by atoms with van der Waals surface area (Å²) < 4.78 is 0. The maximum Gasteiger partial charge on any atom is 0.223 e. The van der Waals surface area contributed by atoms with E-state index in [9.17, 15) is 4.79 Å². The van der Waals surface area contributed by atoms with Crippen molar-refractivity contribution in [2.24, 2.45) is 0 Å². The zero-order valence-corrected chi connectivity index (χ0v) is 10.4. The van der Waals surface area contributed by atoms with Gasteiger partial charge in [-0.1, -0.05) is 6.07 Å². The molecule has 0 atom stereocenters. The molecule has 17 heavy (non-hydrogen) atoms. The second kappa shape index (κ2) is 5.90. The van der Waals surface area contributed by atoms with Gasteiger partial charge in [-0.15, -0.1) is 0 Å². The first-order chi connectivity index (χ1) is 8.04. The molecule has 0 unspecified atom stereocenters. The van der Waals surface area contributed by atoms with E-state index < -0.39 is 0 Å². The maximum absolute atomic E-state index is 11.4. The van der Waals surface area contributed by atoms with E-state index in [1.165, 1.54) is 0 Å². The number of benzene rings is 1. The predicted molar refractivity (Wildman–Crippen MR) is 67.7 cm³/mol. The second-order valence-electron chi connectivity index (χ2n) is 4.13. The second-order valence-corrected chi connectivity index (χ2v) is 4.13. The molecule has 0 bridgehead atoms. The van der Waals surface area contributed by atoms with Crippen LogP contribution in [0.25, 0.3) is 0 Å². The van der Waals surface area contributed by atoms with E-state index in [-0.39, 0.29) is 5.91 Å². The molecule has 90 valence electrons. The summed E-state index contributed by atoms with van der Waals surface area (Å²) in [4.78, 5) is 12.9. The summed E-state index contributed by atoms with van der Waals surface area (Å²) in [5, 5.41) is 12.1. The molecule has 1 rings (SSSR count). The molecular weight excluding hydrogens is 214 g/mol. The lowest BCUT2D eigenvalue weighted by molar-refractivity contribution is -0.128. The number of nitrogens with one attached hydrogen (secondary N) is 1. The van der Waals surface area contributed by atoms with Crippen LogP contribution in [0.3, 0.4) is 0 Å². The maximum atomic E-state index is 11.4. The van der Waals surface area contributed by atoms with Gasteiger partial charge in [0.05, 0.1) is 11.3 Å². The van der Waals surface area contributed by atoms with Crippen molar-refractivity contribution < 1.29 is 4.79 Å². The summed E-state index contributed by atoms with van der Waals surface area (Å²) in [7, 11) is 3.46. The van der Waals surface area contributed by atoms with Crippen LogP contribution in [0.1, 0.15) is 17.5 Å². The SMILES string of the molecule is Cc1ccc(NCCC(=O)N(C)C)c(C#N)c1. The molecule has 0 saturated carbocycles. The Morgan fingerprint density at radius 3 is 2.76 bits per heavy atom. The number of aryl methyl sites for hydroxylation is 1. The molecule has 0 aliphatic heterocycles. The molecule has 0 saturated heterocycles. The minimum atomic E-state index is 0.0723. The summed E-state index contributed by atoms with van der Waals surface area (Å²) in [6, 6.07) is 7.78. The number of carbonyl (C=O) groups excluding carboxylic acids is 1. The van der Waals surface area contributed by atoms with Crippen LogP contribution in [0.2, 0.25) is 0 Å². The first-order valence-electron chi connectivity index (χ1n) is 5.49. The molecule has 0 spiro atoms. The molecule has 1 aromatic rings. The number of nitriles is 1. The van der Waals surface area contributed by atoms with Crippen molar-refractivity contribution in [1.29, 1.82) is 5.26 Å². The summed E-state index contributed by atoms with van der Waals surface area (Å²) in [6.45, 7) is 2.48. The first kappa shape index (κ1) is 13.0. The summed E-state index contributed by atoms with van der Waals surface area (Å²) in [6.07, 6.45) is 0.422. The molecule has 4 heteroatoms. The lowest BCUT2D eigenvalue weighted by atomic mass is 10.1. The Kier molecular flexibility index (Phi) is 4.53. The van der Waals surface area contributed by atoms with Crippen LogP contribution in [0, 0.1) is 18.3 Å². The fourth-order valence-corrected chi connectivity index (χ4v) is 1.43. The largest absolute Gasteiger partial charge is 0.383 e. The predicted octanol–water partition coefficient (Wildman–Crippen LogP) is 1.76. The minimum Gasteiger partial charge on any atom is -0.383 e. The Hall–Kier alpha value is -2.02. The van der Waals surface area contributed by atoms with Crippen molar-refractivity contribution >= 4 is 11.6 Å². The normalized spacial score (nSPS) is 9.53. The summed E-state index contributed by atoms with van der Waals surface area (Å²) >= 11 is 0. The van der Waals surface area contributed by atoms with E-state index in [4.69, 9.17) is 5.26 Å². The Bertz CT molecular complexity index is 446. The molecular formula is C13H17N3O. The fraction of sp³-hybridized carbons (Fsp3) is 0.385. The Morgan fingerprint density at radius 1 is 1.47 bits per heavy atom. The standard InChI is InChI=1S/C13H17N3O/c1-10-4-5-12(11(8-10)9-14)15-7-6-13(17)16(2)3/h4-5,8,15H,6-7H2,1-3H3. The van der Waals surface area contributed by atoms with Crippen molar-refractivity contribution in [3.05, 3.63) is 29.3 Å². The quantitative estimate of drug-likeness (QED) is 0.859. The van der Waals surface area contributed by atoms with Gasteiger partial charge in [-0.2, -0.15) is 5.26 Å². The molecule has 1 aromatic carbocycles. The Labute approximate surface area is 102 Å². The highest BCUT2D eigenvalue weighted by Gasteiger charge is 2.05. The highest BCUT2D eigenvalue weighted by molar-refractivity contribution is 5.76. The molecule has 0 heterocycles. The molecule has 0 aliphatic carbocycles. The van der Waals surface area contributed by atoms with E-state index in [0.717, 1.165) is 11.3 Å². The molecule has 0 fully saturated rings. The third-order valence-corrected chi connectivity index (χ3v) is 2.45. The highest BCUT2D eigenvalue weighted by atomic mass is 16.2. The molecule has 1 N–H and O–H groups in total. The van der Waals surface area contributed by atoms with Crippen molar-refractivity contribution in [3.63, 3.8) is 0 Å². The lowest BCUT2D eigenvalue weighted by Crippen LogP contribution is -2.24. The number of hydrogen-bond donors (Lipinski definition) is 1. The molecule has 1 amide bonds. The zero-order chi connectivity index (χ0) is 12.8. The van der Waals surface area contributed by atoms with Crippen LogP contribution in [0.5, 0.6) is 0 Å². The van der Waals surface area contributed by atoms with Gasteiger partial charge >= 0.3 is 0 Å². The van der Waals surface area contributed by atoms with Gasteiger partial charge in [-0.3, -0.25) is 4.79 Å². The number of anilines is 1. The van der Waals surface area contributed by atoms with E-state index in [1.54, 1.807) is 19.0 Å². The number of hydrogen-bond acceptors (Lipinski definition) is 3. The van der Waals surface area contributed by atoms with E-state index in [0.29, 0.717) is 18.5 Å². The van der Waals surface area contributed by atoms with Crippen LogP contribution in [-0.2, 0) is 4.79 Å². The first-order valence-corrected chi connectivity index (χ1v) is 5.49. The van der Waals surface area contributed by atoms with Gasteiger partial charge in [0.25, 0.3) is 0 Å². The summed E-state index contributed by atoms with van der Waals surface area (Å²) in [5.74, 6) is 0.0723. The van der Waals surface area contributed by atoms with Crippen LogP contribution in [-0.4, -0.2) is 31.4 Å². The van der Waals surface area contributed by atoms with Crippen molar-refractivity contribution in [1.82, 2.24) is 4.90 Å². The van der Waals surface area contributed by atoms with Crippen molar-refractivity contribution in [3.8, 4) is 6.07 Å². The minimum absolute atomic E-state index is 0.0723. The van der Waals surface area contributed by atoms with Gasteiger partial charge in [0, 0.05) is 27.1 Å². The van der Waals surface area contributed by atoms with E-state index >= 15 is 0 Å². The fourth-order valence-electron chi connectivity index (χ4n) is 1.43. The van der Waals surface area contributed by atoms with Gasteiger partial charge < -0.3 is 10.2 Å². The lowest BCUT2D eigenvalue weighted by Gasteiger charge is -2.12. The van der Waals surface area contributed by atoms with Crippen LogP contribution in [0.15, 0.2) is 18.2 Å². The number of carbonyl (C=O) groups is 1. The van der Waals surface area contributed by atoms with Crippen molar-refractivity contribution in [2.45, 2.75) is 13.3 Å². The van der Waals surface area contributed by atoms with E-state index in [2.05, 4.69) is 11.4 Å².